The molecule has 0 fully saturated rings. The van der Waals surface area contributed by atoms with E-state index in [0.29, 0.717) is 12.0 Å². The van der Waals surface area contributed by atoms with Gasteiger partial charge in [0, 0.05) is 12.8 Å². The Morgan fingerprint density at radius 1 is 0.741 bits per heavy atom. The molecular formula is C33H50N8O13. The first kappa shape index (κ1) is 46.4. The lowest BCUT2D eigenvalue weighted by Crippen LogP contribution is -2.60. The van der Waals surface area contributed by atoms with Crippen LogP contribution in [0.15, 0.2) is 30.3 Å². The summed E-state index contributed by atoms with van der Waals surface area (Å²) in [6.45, 7) is 2.95. The number of carboxylic acids is 2. The lowest BCUT2D eigenvalue weighted by atomic mass is 9.97. The van der Waals surface area contributed by atoms with Crippen LogP contribution in [0, 0.1) is 5.92 Å². The van der Waals surface area contributed by atoms with Crippen molar-refractivity contribution in [3.05, 3.63) is 35.9 Å². The smallest absolute Gasteiger partial charge is 0.326 e. The van der Waals surface area contributed by atoms with E-state index < -0.39 is 134 Å². The topological polar surface area (TPSA) is 359 Å². The number of carbonyl (C=O) groups is 9. The first-order chi connectivity index (χ1) is 25.3. The Morgan fingerprint density at radius 2 is 1.31 bits per heavy atom. The quantitative estimate of drug-likeness (QED) is 0.0471. The molecule has 0 aliphatic carbocycles. The predicted octanol–water partition coefficient (Wildman–Crippen LogP) is -4.66. The van der Waals surface area contributed by atoms with Gasteiger partial charge in [-0.25, -0.2) is 4.79 Å². The molecule has 0 aliphatic rings. The van der Waals surface area contributed by atoms with Crippen LogP contribution in [0.4, 0.5) is 0 Å². The Bertz CT molecular complexity index is 1490. The van der Waals surface area contributed by atoms with Crippen LogP contribution in [0.1, 0.15) is 52.0 Å². The summed E-state index contributed by atoms with van der Waals surface area (Å²) in [7, 11) is 0. The van der Waals surface area contributed by atoms with Crippen LogP contribution in [0.25, 0.3) is 0 Å². The monoisotopic (exact) mass is 766 g/mol. The van der Waals surface area contributed by atoms with E-state index in [1.807, 2.05) is 5.32 Å². The normalized spacial score (nSPS) is 15.3. The standard InChI is InChI=1S/C33H50N8O13/c1-4-16(2)26(41-28(48)19(34)15-42)31(51)37-20(10-11-25(46)47)30(50)38-21(12-18-8-6-5-7-9-18)29(49)36-14-24(45)40-27(17(3)43)32(52)39-22(33(53)54)13-23(35)44/h5-9,16-17,19-22,26-27,42-43H,4,10-15,34H2,1-3H3,(H2,35,44)(H,36,49)(H,37,51)(H,38,50)(H,39,52)(H,40,45)(H,41,48)(H,46,47)(H,53,54)/t16-,17+,19-,20-,21-,22-,26-,27-/m0/s1. The van der Waals surface area contributed by atoms with Gasteiger partial charge in [0.1, 0.15) is 36.3 Å². The molecule has 54 heavy (non-hydrogen) atoms. The number of rotatable bonds is 24. The molecule has 21 heteroatoms. The van der Waals surface area contributed by atoms with E-state index in [1.165, 1.54) is 0 Å². The maximum Gasteiger partial charge on any atom is 0.326 e. The molecule has 300 valence electrons. The number of aliphatic carboxylic acids is 2. The molecule has 14 N–H and O–H groups in total. The van der Waals surface area contributed by atoms with E-state index >= 15 is 0 Å². The fraction of sp³-hybridized carbons (Fsp3) is 0.545. The number of aliphatic hydroxyl groups excluding tert-OH is 2. The lowest BCUT2D eigenvalue weighted by molar-refractivity contribution is -0.144. The van der Waals surface area contributed by atoms with Crippen molar-refractivity contribution in [2.75, 3.05) is 13.2 Å². The number of hydrogen-bond donors (Lipinski definition) is 12. The highest BCUT2D eigenvalue weighted by Crippen LogP contribution is 2.11. The molecule has 0 radical (unpaired) electrons. The molecule has 0 bridgehead atoms. The van der Waals surface area contributed by atoms with Gasteiger partial charge in [-0.15, -0.1) is 0 Å². The van der Waals surface area contributed by atoms with E-state index in [9.17, 15) is 63.6 Å². The Balaban J connectivity index is 3.23. The van der Waals surface area contributed by atoms with Crippen molar-refractivity contribution in [1.29, 1.82) is 0 Å². The molecule has 1 rings (SSSR count). The van der Waals surface area contributed by atoms with Crippen LogP contribution in [0.2, 0.25) is 0 Å². The van der Waals surface area contributed by atoms with Crippen molar-refractivity contribution in [3.63, 3.8) is 0 Å². The Labute approximate surface area is 310 Å². The molecule has 1 aromatic carbocycles. The minimum Gasteiger partial charge on any atom is -0.481 e. The van der Waals surface area contributed by atoms with Gasteiger partial charge in [0.2, 0.25) is 41.4 Å². The van der Waals surface area contributed by atoms with Crippen LogP contribution < -0.4 is 43.4 Å². The van der Waals surface area contributed by atoms with Crippen LogP contribution in [-0.4, -0.2) is 129 Å². The van der Waals surface area contributed by atoms with Crippen molar-refractivity contribution in [2.45, 2.75) is 95.2 Å². The molecule has 8 atom stereocenters. The zero-order valence-corrected chi connectivity index (χ0v) is 30.1. The number of nitrogens with two attached hydrogens (primary N) is 2. The van der Waals surface area contributed by atoms with E-state index in [-0.39, 0.29) is 6.42 Å². The molecular weight excluding hydrogens is 716 g/mol. The van der Waals surface area contributed by atoms with Gasteiger partial charge in [-0.2, -0.15) is 0 Å². The molecule has 0 aromatic heterocycles. The average Bonchev–Trinajstić information content (AvgIpc) is 3.11. The maximum atomic E-state index is 13.6. The fourth-order valence-electron chi connectivity index (χ4n) is 4.76. The second-order valence-electron chi connectivity index (χ2n) is 12.5. The van der Waals surface area contributed by atoms with Crippen LogP contribution >= 0.6 is 0 Å². The molecule has 1 aromatic rings. The summed E-state index contributed by atoms with van der Waals surface area (Å²) in [5.74, 6) is -10.3. The number of amides is 7. The van der Waals surface area contributed by atoms with Gasteiger partial charge >= 0.3 is 11.9 Å². The number of carboxylic acid groups (broad SMARTS) is 2. The number of nitrogens with one attached hydrogen (secondary N) is 6. The summed E-state index contributed by atoms with van der Waals surface area (Å²) in [6, 6.07) is -0.771. The fourth-order valence-corrected chi connectivity index (χ4v) is 4.76. The Morgan fingerprint density at radius 3 is 1.83 bits per heavy atom. The van der Waals surface area contributed by atoms with Crippen molar-refractivity contribution in [2.24, 2.45) is 17.4 Å². The van der Waals surface area contributed by atoms with Gasteiger partial charge in [0.05, 0.1) is 25.7 Å². The van der Waals surface area contributed by atoms with Gasteiger partial charge in [-0.05, 0) is 24.8 Å². The van der Waals surface area contributed by atoms with Gasteiger partial charge in [-0.1, -0.05) is 50.6 Å². The van der Waals surface area contributed by atoms with E-state index in [2.05, 4.69) is 26.6 Å². The zero-order chi connectivity index (χ0) is 41.1. The molecule has 0 saturated carbocycles. The van der Waals surface area contributed by atoms with Gasteiger partial charge in [-0.3, -0.25) is 38.4 Å². The van der Waals surface area contributed by atoms with Gasteiger partial charge < -0.3 is 63.8 Å². The third kappa shape index (κ3) is 16.3. The maximum absolute atomic E-state index is 13.6. The van der Waals surface area contributed by atoms with Crippen molar-refractivity contribution in [1.82, 2.24) is 31.9 Å². The number of benzene rings is 1. The van der Waals surface area contributed by atoms with Crippen molar-refractivity contribution >= 4 is 53.3 Å². The minimum atomic E-state index is -1.76. The van der Waals surface area contributed by atoms with E-state index in [1.54, 1.807) is 44.2 Å². The number of hydrogen-bond acceptors (Lipinski definition) is 12. The van der Waals surface area contributed by atoms with Gasteiger partial charge in [0.25, 0.3) is 0 Å². The number of aliphatic hydroxyl groups is 2. The minimum absolute atomic E-state index is 0.153. The van der Waals surface area contributed by atoms with E-state index in [4.69, 9.17) is 11.5 Å². The highest BCUT2D eigenvalue weighted by molar-refractivity contribution is 5.97. The molecule has 21 nitrogen and oxygen atoms in total. The summed E-state index contributed by atoms with van der Waals surface area (Å²) in [6.07, 6.45) is -3.14. The lowest BCUT2D eigenvalue weighted by Gasteiger charge is -2.28. The Kier molecular flexibility index (Phi) is 19.8. The molecule has 0 heterocycles. The first-order valence-corrected chi connectivity index (χ1v) is 16.9. The molecule has 0 unspecified atom stereocenters. The first-order valence-electron chi connectivity index (χ1n) is 16.9. The summed E-state index contributed by atoms with van der Waals surface area (Å²) in [5.41, 5.74) is 11.1. The SMILES string of the molecule is CC[C@H](C)[C@H](NC(=O)[C@@H](N)CO)C(=O)N[C@@H](CCC(=O)O)C(=O)N[C@@H](Cc1ccccc1)C(=O)NCC(=O)N[C@H](C(=O)N[C@@H](CC(N)=O)C(=O)O)[C@@H](C)O. The summed E-state index contributed by atoms with van der Waals surface area (Å²) in [5, 5.41) is 51.7. The zero-order valence-electron chi connectivity index (χ0n) is 30.1. The van der Waals surface area contributed by atoms with E-state index in [0.717, 1.165) is 6.92 Å². The highest BCUT2D eigenvalue weighted by Gasteiger charge is 2.34. The van der Waals surface area contributed by atoms with Crippen LogP contribution in [0.3, 0.4) is 0 Å². The number of carbonyl (C=O) groups excluding carboxylic acids is 7. The second-order valence-corrected chi connectivity index (χ2v) is 12.5. The Hall–Kier alpha value is -5.67. The van der Waals surface area contributed by atoms with Crippen molar-refractivity contribution in [3.8, 4) is 0 Å². The average molecular weight is 767 g/mol. The molecule has 0 saturated heterocycles. The molecule has 0 spiro atoms. The largest absolute Gasteiger partial charge is 0.481 e. The number of primary amides is 1. The van der Waals surface area contributed by atoms with Crippen molar-refractivity contribution < 1.29 is 63.6 Å². The van der Waals surface area contributed by atoms with Gasteiger partial charge in [0.15, 0.2) is 0 Å². The summed E-state index contributed by atoms with van der Waals surface area (Å²) >= 11 is 0. The third-order valence-corrected chi connectivity index (χ3v) is 8.05. The second kappa shape index (κ2) is 23.1. The summed E-state index contributed by atoms with van der Waals surface area (Å²) in [4.78, 5) is 112. The molecule has 0 aliphatic heterocycles. The highest BCUT2D eigenvalue weighted by atomic mass is 16.4. The third-order valence-electron chi connectivity index (χ3n) is 8.05. The summed E-state index contributed by atoms with van der Waals surface area (Å²) < 4.78 is 0. The van der Waals surface area contributed by atoms with Crippen LogP contribution in [0.5, 0.6) is 0 Å². The predicted molar refractivity (Wildman–Crippen MR) is 187 cm³/mol. The molecule has 7 amide bonds. The van der Waals surface area contributed by atoms with Crippen LogP contribution in [-0.2, 0) is 49.6 Å².